The van der Waals surface area contributed by atoms with Crippen LogP contribution in [0.15, 0.2) is 48.5 Å². The van der Waals surface area contributed by atoms with Crippen molar-refractivity contribution in [3.05, 3.63) is 65.2 Å². The van der Waals surface area contributed by atoms with E-state index in [1.165, 1.54) is 11.1 Å². The molecular weight excluding hydrogens is 314 g/mol. The number of aromatic nitrogens is 3. The van der Waals surface area contributed by atoms with Crippen molar-refractivity contribution in [2.75, 3.05) is 18.2 Å². The molecule has 6 nitrogen and oxygen atoms in total. The lowest BCUT2D eigenvalue weighted by molar-refractivity contribution is 0.410. The molecule has 1 aliphatic heterocycles. The highest BCUT2D eigenvalue weighted by atomic mass is 16.5. The molecule has 0 unspecified atom stereocenters. The average Bonchev–Trinajstić information content (AvgIpc) is 3.01. The van der Waals surface area contributed by atoms with Crippen LogP contribution in [0.2, 0.25) is 0 Å². The summed E-state index contributed by atoms with van der Waals surface area (Å²) in [7, 11) is 1.68. The van der Waals surface area contributed by atoms with Crippen molar-refractivity contribution in [2.45, 2.75) is 25.4 Å². The van der Waals surface area contributed by atoms with Gasteiger partial charge in [0.1, 0.15) is 5.75 Å². The number of hydrogen-bond donors (Lipinski definition) is 2. The highest BCUT2D eigenvalue weighted by molar-refractivity contribution is 5.44. The minimum atomic E-state index is 0.0819. The number of nitrogen functional groups attached to an aromatic ring is 1. The number of benzene rings is 2. The summed E-state index contributed by atoms with van der Waals surface area (Å²) in [5.74, 6) is 1.83. The van der Waals surface area contributed by atoms with Crippen LogP contribution in [0.3, 0.4) is 0 Å². The van der Waals surface area contributed by atoms with Crippen molar-refractivity contribution in [1.29, 1.82) is 0 Å². The fraction of sp³-hybridized carbons (Fsp3) is 0.263. The van der Waals surface area contributed by atoms with Crippen LogP contribution < -0.4 is 15.8 Å². The summed E-state index contributed by atoms with van der Waals surface area (Å²) in [5, 5.41) is 7.87. The van der Waals surface area contributed by atoms with Crippen molar-refractivity contribution in [1.82, 2.24) is 14.8 Å². The Labute approximate surface area is 146 Å². The third-order valence-corrected chi connectivity index (χ3v) is 4.75. The average molecular weight is 335 g/mol. The molecule has 4 rings (SSSR count). The minimum absolute atomic E-state index is 0.0819. The predicted octanol–water partition coefficient (Wildman–Crippen LogP) is 3.32. The summed E-state index contributed by atoms with van der Waals surface area (Å²) in [6.07, 6.45) is 0.855. The SMILES string of the molecule is COc1cccc([C@H]2C[C@H](c3ccccc3C)n3nc(N)nc3N2)c1. The number of nitrogens with two attached hydrogens (primary N) is 1. The smallest absolute Gasteiger partial charge is 0.241 e. The molecule has 0 bridgehead atoms. The van der Waals surface area contributed by atoms with Gasteiger partial charge in [-0.15, -0.1) is 5.10 Å². The molecule has 6 heteroatoms. The highest BCUT2D eigenvalue weighted by Crippen LogP contribution is 2.39. The molecule has 0 saturated carbocycles. The van der Waals surface area contributed by atoms with E-state index in [9.17, 15) is 0 Å². The first-order valence-electron chi connectivity index (χ1n) is 8.33. The molecule has 2 atom stereocenters. The minimum Gasteiger partial charge on any atom is -0.497 e. The predicted molar refractivity (Wildman–Crippen MR) is 97.7 cm³/mol. The summed E-state index contributed by atoms with van der Waals surface area (Å²) in [6.45, 7) is 2.12. The lowest BCUT2D eigenvalue weighted by Gasteiger charge is -2.32. The van der Waals surface area contributed by atoms with Crippen LogP contribution in [0.1, 0.15) is 35.2 Å². The molecular formula is C19H21N5O. The second-order valence-corrected chi connectivity index (χ2v) is 6.32. The number of anilines is 2. The topological polar surface area (TPSA) is 78.0 Å². The van der Waals surface area contributed by atoms with Crippen molar-refractivity contribution in [3.63, 3.8) is 0 Å². The van der Waals surface area contributed by atoms with E-state index in [2.05, 4.69) is 58.7 Å². The van der Waals surface area contributed by atoms with Gasteiger partial charge in [-0.05, 0) is 42.2 Å². The lowest BCUT2D eigenvalue weighted by Crippen LogP contribution is -2.28. The molecule has 1 aliphatic rings. The number of hydrogen-bond acceptors (Lipinski definition) is 5. The number of ether oxygens (including phenoxy) is 1. The standard InChI is InChI=1S/C19H21N5O/c1-12-6-3-4-9-15(12)17-11-16(13-7-5-8-14(10-13)25-2)21-19-22-18(20)23-24(17)19/h3-10,16-17H,11H2,1-2H3,(H3,20,21,22,23)/t16-,17-/m1/s1. The molecule has 0 aliphatic carbocycles. The first-order valence-corrected chi connectivity index (χ1v) is 8.33. The quantitative estimate of drug-likeness (QED) is 0.768. The Morgan fingerprint density at radius 2 is 2.04 bits per heavy atom. The normalized spacial score (nSPS) is 19.1. The zero-order chi connectivity index (χ0) is 17.4. The van der Waals surface area contributed by atoms with Gasteiger partial charge in [0.25, 0.3) is 0 Å². The van der Waals surface area contributed by atoms with E-state index in [0.29, 0.717) is 5.95 Å². The lowest BCUT2D eigenvalue weighted by atomic mass is 9.91. The van der Waals surface area contributed by atoms with Gasteiger partial charge < -0.3 is 15.8 Å². The number of aryl methyl sites for hydroxylation is 1. The monoisotopic (exact) mass is 335 g/mol. The number of methoxy groups -OCH3 is 1. The van der Waals surface area contributed by atoms with Gasteiger partial charge in [-0.2, -0.15) is 4.98 Å². The maximum Gasteiger partial charge on any atom is 0.241 e. The Morgan fingerprint density at radius 3 is 2.84 bits per heavy atom. The first-order chi connectivity index (χ1) is 12.2. The van der Waals surface area contributed by atoms with E-state index < -0.39 is 0 Å². The van der Waals surface area contributed by atoms with Gasteiger partial charge in [0, 0.05) is 0 Å². The molecule has 0 spiro atoms. The summed E-state index contributed by atoms with van der Waals surface area (Å²) >= 11 is 0. The fourth-order valence-corrected chi connectivity index (χ4v) is 3.49. The van der Waals surface area contributed by atoms with Gasteiger partial charge in [-0.3, -0.25) is 0 Å². The molecule has 3 aromatic rings. The Balaban J connectivity index is 1.77. The van der Waals surface area contributed by atoms with Crippen LogP contribution in [-0.4, -0.2) is 21.9 Å². The van der Waals surface area contributed by atoms with Crippen LogP contribution in [0, 0.1) is 6.92 Å². The molecule has 1 aromatic heterocycles. The number of fused-ring (bicyclic) bond motifs is 1. The van der Waals surface area contributed by atoms with Crippen molar-refractivity contribution in [3.8, 4) is 5.75 Å². The maximum atomic E-state index is 5.86. The molecule has 0 fully saturated rings. The van der Waals surface area contributed by atoms with Gasteiger partial charge in [-0.25, -0.2) is 4.68 Å². The number of nitrogens with zero attached hydrogens (tertiary/aromatic N) is 3. The Kier molecular flexibility index (Phi) is 3.80. The van der Waals surface area contributed by atoms with E-state index >= 15 is 0 Å². The van der Waals surface area contributed by atoms with Gasteiger partial charge in [0.2, 0.25) is 11.9 Å². The van der Waals surface area contributed by atoms with Gasteiger partial charge in [0.15, 0.2) is 0 Å². The van der Waals surface area contributed by atoms with Crippen LogP contribution in [0.5, 0.6) is 5.75 Å². The molecule has 0 radical (unpaired) electrons. The Morgan fingerprint density at radius 1 is 1.20 bits per heavy atom. The molecule has 2 heterocycles. The number of rotatable bonds is 3. The molecule has 0 saturated heterocycles. The van der Waals surface area contributed by atoms with Crippen LogP contribution in [-0.2, 0) is 0 Å². The van der Waals surface area contributed by atoms with Crippen molar-refractivity contribution >= 4 is 11.9 Å². The largest absolute Gasteiger partial charge is 0.497 e. The van der Waals surface area contributed by atoms with E-state index in [1.807, 2.05) is 16.8 Å². The molecule has 3 N–H and O–H groups in total. The van der Waals surface area contributed by atoms with E-state index in [1.54, 1.807) is 7.11 Å². The second kappa shape index (κ2) is 6.12. The fourth-order valence-electron chi connectivity index (χ4n) is 3.49. The molecule has 2 aromatic carbocycles. The summed E-state index contributed by atoms with van der Waals surface area (Å²) in [4.78, 5) is 4.36. The maximum absolute atomic E-state index is 5.86. The van der Waals surface area contributed by atoms with Crippen LogP contribution in [0.25, 0.3) is 0 Å². The number of nitrogens with one attached hydrogen (secondary N) is 1. The zero-order valence-corrected chi connectivity index (χ0v) is 14.3. The second-order valence-electron chi connectivity index (χ2n) is 6.32. The Hall–Kier alpha value is -3.02. The zero-order valence-electron chi connectivity index (χ0n) is 14.3. The van der Waals surface area contributed by atoms with Crippen molar-refractivity contribution in [2.24, 2.45) is 0 Å². The van der Waals surface area contributed by atoms with Crippen LogP contribution >= 0.6 is 0 Å². The molecule has 25 heavy (non-hydrogen) atoms. The van der Waals surface area contributed by atoms with Gasteiger partial charge in [0.05, 0.1) is 19.2 Å². The van der Waals surface area contributed by atoms with Gasteiger partial charge >= 0.3 is 0 Å². The summed E-state index contributed by atoms with van der Waals surface area (Å²) in [6, 6.07) is 16.7. The summed E-state index contributed by atoms with van der Waals surface area (Å²) < 4.78 is 7.27. The van der Waals surface area contributed by atoms with E-state index in [-0.39, 0.29) is 18.0 Å². The van der Waals surface area contributed by atoms with Crippen LogP contribution in [0.4, 0.5) is 11.9 Å². The van der Waals surface area contributed by atoms with E-state index in [4.69, 9.17) is 10.5 Å². The summed E-state index contributed by atoms with van der Waals surface area (Å²) in [5.41, 5.74) is 9.50. The van der Waals surface area contributed by atoms with E-state index in [0.717, 1.165) is 17.7 Å². The highest BCUT2D eigenvalue weighted by Gasteiger charge is 2.31. The van der Waals surface area contributed by atoms with Gasteiger partial charge in [-0.1, -0.05) is 36.4 Å². The Bertz CT molecular complexity index is 904. The molecule has 128 valence electrons. The molecule has 0 amide bonds. The third kappa shape index (κ3) is 2.80. The third-order valence-electron chi connectivity index (χ3n) is 4.75. The first kappa shape index (κ1) is 15.5. The van der Waals surface area contributed by atoms with Crippen molar-refractivity contribution < 1.29 is 4.74 Å².